The van der Waals surface area contributed by atoms with Crippen LogP contribution in [0.5, 0.6) is 0 Å². The summed E-state index contributed by atoms with van der Waals surface area (Å²) in [6.45, 7) is 0.979. The van der Waals surface area contributed by atoms with Crippen LogP contribution in [0, 0.1) is 0 Å². The third kappa shape index (κ3) is 2.28. The first-order valence-electron chi connectivity index (χ1n) is 6.25. The van der Waals surface area contributed by atoms with Gasteiger partial charge in [-0.3, -0.25) is 0 Å². The average molecular weight is 262 g/mol. The van der Waals surface area contributed by atoms with Crippen LogP contribution >= 0.6 is 11.6 Å². The van der Waals surface area contributed by atoms with Gasteiger partial charge in [0, 0.05) is 42.3 Å². The van der Waals surface area contributed by atoms with Crippen molar-refractivity contribution in [3.63, 3.8) is 0 Å². The Balaban J connectivity index is 1.86. The summed E-state index contributed by atoms with van der Waals surface area (Å²) in [6.07, 6.45) is 4.75. The predicted octanol–water partition coefficient (Wildman–Crippen LogP) is 2.40. The van der Waals surface area contributed by atoms with Crippen molar-refractivity contribution in [3.8, 4) is 0 Å². The second-order valence-corrected chi connectivity index (χ2v) is 5.31. The van der Waals surface area contributed by atoms with Gasteiger partial charge in [-0.25, -0.2) is 4.98 Å². The van der Waals surface area contributed by atoms with Crippen molar-refractivity contribution in [2.45, 2.75) is 31.8 Å². The molecule has 94 valence electrons. The summed E-state index contributed by atoms with van der Waals surface area (Å²) in [7, 11) is 0. The normalized spacial score (nSPS) is 18.7. The SMILES string of the molecule is NC1CCn2c(cnc2Cc2cccc(Cl)c2)C1. The molecular weight excluding hydrogens is 246 g/mol. The number of nitrogens with two attached hydrogens (primary N) is 1. The Bertz CT molecular complexity index is 562. The Labute approximate surface area is 112 Å². The molecule has 0 fully saturated rings. The molecule has 0 aliphatic carbocycles. The number of rotatable bonds is 2. The van der Waals surface area contributed by atoms with E-state index in [-0.39, 0.29) is 6.04 Å². The van der Waals surface area contributed by atoms with Gasteiger partial charge >= 0.3 is 0 Å². The Kier molecular flexibility index (Phi) is 3.10. The van der Waals surface area contributed by atoms with Gasteiger partial charge < -0.3 is 10.3 Å². The average Bonchev–Trinajstić information content (AvgIpc) is 2.72. The quantitative estimate of drug-likeness (QED) is 0.902. The first-order valence-corrected chi connectivity index (χ1v) is 6.63. The topological polar surface area (TPSA) is 43.8 Å². The number of imidazole rings is 1. The molecule has 0 saturated heterocycles. The minimum atomic E-state index is 0.285. The number of nitrogens with zero attached hydrogens (tertiary/aromatic N) is 2. The van der Waals surface area contributed by atoms with E-state index in [0.717, 1.165) is 36.7 Å². The molecule has 0 radical (unpaired) electrons. The molecule has 18 heavy (non-hydrogen) atoms. The number of halogens is 1. The van der Waals surface area contributed by atoms with Crippen LogP contribution in [0.3, 0.4) is 0 Å². The predicted molar refractivity (Wildman–Crippen MR) is 72.8 cm³/mol. The molecule has 0 saturated carbocycles. The number of hydrogen-bond acceptors (Lipinski definition) is 2. The lowest BCUT2D eigenvalue weighted by atomic mass is 10.1. The van der Waals surface area contributed by atoms with Crippen molar-refractivity contribution in [2.24, 2.45) is 5.73 Å². The van der Waals surface area contributed by atoms with E-state index in [2.05, 4.69) is 15.6 Å². The fraction of sp³-hybridized carbons (Fsp3) is 0.357. The highest BCUT2D eigenvalue weighted by molar-refractivity contribution is 6.30. The fourth-order valence-corrected chi connectivity index (χ4v) is 2.74. The molecule has 1 aromatic carbocycles. The van der Waals surface area contributed by atoms with Crippen LogP contribution < -0.4 is 5.73 Å². The molecule has 3 rings (SSSR count). The first kappa shape index (κ1) is 11.8. The van der Waals surface area contributed by atoms with Crippen molar-refractivity contribution < 1.29 is 0 Å². The third-order valence-corrected chi connectivity index (χ3v) is 3.70. The standard InChI is InChI=1S/C14H16ClN3/c15-11-3-1-2-10(6-11)7-14-17-9-13-8-12(16)4-5-18(13)14/h1-3,6,9,12H,4-5,7-8,16H2. The molecule has 3 nitrogen and oxygen atoms in total. The van der Waals surface area contributed by atoms with Gasteiger partial charge in [0.1, 0.15) is 5.82 Å². The van der Waals surface area contributed by atoms with Crippen molar-refractivity contribution in [3.05, 3.63) is 52.6 Å². The molecule has 1 aromatic heterocycles. The summed E-state index contributed by atoms with van der Waals surface area (Å²) < 4.78 is 2.30. The number of aromatic nitrogens is 2. The van der Waals surface area contributed by atoms with Crippen LogP contribution in [0.2, 0.25) is 5.02 Å². The lowest BCUT2D eigenvalue weighted by molar-refractivity contribution is 0.462. The summed E-state index contributed by atoms with van der Waals surface area (Å²) >= 11 is 6.00. The van der Waals surface area contributed by atoms with Gasteiger partial charge in [0.25, 0.3) is 0 Å². The molecule has 0 bridgehead atoms. The Morgan fingerprint density at radius 3 is 3.17 bits per heavy atom. The molecule has 2 N–H and O–H groups in total. The van der Waals surface area contributed by atoms with Crippen LogP contribution in [-0.2, 0) is 19.4 Å². The van der Waals surface area contributed by atoms with Crippen molar-refractivity contribution in [1.82, 2.24) is 9.55 Å². The van der Waals surface area contributed by atoms with Gasteiger partial charge in [0.2, 0.25) is 0 Å². The third-order valence-electron chi connectivity index (χ3n) is 3.47. The van der Waals surface area contributed by atoms with E-state index in [1.807, 2.05) is 24.4 Å². The number of hydrogen-bond donors (Lipinski definition) is 1. The lowest BCUT2D eigenvalue weighted by Crippen LogP contribution is -2.31. The molecule has 1 aliphatic heterocycles. The molecule has 2 heterocycles. The van der Waals surface area contributed by atoms with Gasteiger partial charge in [-0.05, 0) is 24.1 Å². The maximum atomic E-state index is 6.00. The second kappa shape index (κ2) is 4.75. The maximum Gasteiger partial charge on any atom is 0.113 e. The van der Waals surface area contributed by atoms with E-state index in [0.29, 0.717) is 0 Å². The minimum Gasteiger partial charge on any atom is -0.332 e. The summed E-state index contributed by atoms with van der Waals surface area (Å²) in [6, 6.07) is 8.24. The fourth-order valence-electron chi connectivity index (χ4n) is 2.53. The number of fused-ring (bicyclic) bond motifs is 1. The van der Waals surface area contributed by atoms with E-state index in [1.165, 1.54) is 11.3 Å². The summed E-state index contributed by atoms with van der Waals surface area (Å²) in [5.41, 5.74) is 8.43. The van der Waals surface area contributed by atoms with Crippen LogP contribution in [0.4, 0.5) is 0 Å². The largest absolute Gasteiger partial charge is 0.332 e. The zero-order valence-corrected chi connectivity index (χ0v) is 10.9. The Morgan fingerprint density at radius 2 is 2.33 bits per heavy atom. The molecule has 0 spiro atoms. The van der Waals surface area contributed by atoms with Crippen molar-refractivity contribution >= 4 is 11.6 Å². The zero-order chi connectivity index (χ0) is 12.5. The van der Waals surface area contributed by atoms with E-state index < -0.39 is 0 Å². The molecule has 1 unspecified atom stereocenters. The molecule has 1 atom stereocenters. The van der Waals surface area contributed by atoms with E-state index in [4.69, 9.17) is 17.3 Å². The molecule has 4 heteroatoms. The highest BCUT2D eigenvalue weighted by Crippen LogP contribution is 2.19. The summed E-state index contributed by atoms with van der Waals surface area (Å²) in [5.74, 6) is 1.11. The zero-order valence-electron chi connectivity index (χ0n) is 10.1. The smallest absolute Gasteiger partial charge is 0.113 e. The van der Waals surface area contributed by atoms with E-state index >= 15 is 0 Å². The Morgan fingerprint density at radius 1 is 1.44 bits per heavy atom. The van der Waals surface area contributed by atoms with E-state index in [1.54, 1.807) is 0 Å². The molecule has 2 aromatic rings. The first-order chi connectivity index (χ1) is 8.72. The van der Waals surface area contributed by atoms with Crippen LogP contribution in [0.15, 0.2) is 30.5 Å². The lowest BCUT2D eigenvalue weighted by Gasteiger charge is -2.21. The van der Waals surface area contributed by atoms with Crippen LogP contribution in [-0.4, -0.2) is 15.6 Å². The highest BCUT2D eigenvalue weighted by Gasteiger charge is 2.18. The maximum absolute atomic E-state index is 6.00. The summed E-state index contributed by atoms with van der Waals surface area (Å²) in [5, 5.41) is 0.778. The van der Waals surface area contributed by atoms with Crippen molar-refractivity contribution in [2.75, 3.05) is 0 Å². The highest BCUT2D eigenvalue weighted by atomic mass is 35.5. The molecule has 0 amide bonds. The van der Waals surface area contributed by atoms with Crippen LogP contribution in [0.25, 0.3) is 0 Å². The molecule has 1 aliphatic rings. The molecular formula is C14H16ClN3. The van der Waals surface area contributed by atoms with Gasteiger partial charge in [-0.15, -0.1) is 0 Å². The van der Waals surface area contributed by atoms with Gasteiger partial charge in [0.05, 0.1) is 0 Å². The van der Waals surface area contributed by atoms with Gasteiger partial charge in [-0.1, -0.05) is 23.7 Å². The monoisotopic (exact) mass is 261 g/mol. The summed E-state index contributed by atoms with van der Waals surface area (Å²) in [4.78, 5) is 4.52. The minimum absolute atomic E-state index is 0.285. The van der Waals surface area contributed by atoms with Crippen LogP contribution in [0.1, 0.15) is 23.5 Å². The van der Waals surface area contributed by atoms with Crippen molar-refractivity contribution in [1.29, 1.82) is 0 Å². The van der Waals surface area contributed by atoms with E-state index in [9.17, 15) is 0 Å². The van der Waals surface area contributed by atoms with Gasteiger partial charge in [0.15, 0.2) is 0 Å². The second-order valence-electron chi connectivity index (χ2n) is 4.88. The number of benzene rings is 1. The van der Waals surface area contributed by atoms with Gasteiger partial charge in [-0.2, -0.15) is 0 Å². The Hall–Kier alpha value is -1.32.